The zero-order valence-corrected chi connectivity index (χ0v) is 16.8. The maximum atomic E-state index is 12.7. The van der Waals surface area contributed by atoms with E-state index in [1.807, 2.05) is 26.0 Å². The Kier molecular flexibility index (Phi) is 6.19. The molecule has 3 N–H and O–H groups in total. The van der Waals surface area contributed by atoms with E-state index in [1.165, 1.54) is 4.90 Å². The number of nitrogens with one attached hydrogen (secondary N) is 2. The van der Waals surface area contributed by atoms with Gasteiger partial charge in [0.15, 0.2) is 0 Å². The van der Waals surface area contributed by atoms with Crippen LogP contribution in [0.1, 0.15) is 16.7 Å². The lowest BCUT2D eigenvalue weighted by molar-refractivity contribution is 0.185. The van der Waals surface area contributed by atoms with Gasteiger partial charge in [0.05, 0.1) is 25.8 Å². The molecule has 0 aliphatic rings. The highest BCUT2D eigenvalue weighted by atomic mass is 16.5. The molecule has 3 rings (SSSR count). The number of aryl methyl sites for hydroxylation is 2. The number of pyridine rings is 1. The number of amides is 2. The summed E-state index contributed by atoms with van der Waals surface area (Å²) in [7, 11) is 1.55. The number of aliphatic hydroxyl groups is 1. The third-order valence-electron chi connectivity index (χ3n) is 4.71. The molecule has 2 aromatic carbocycles. The van der Waals surface area contributed by atoms with Crippen LogP contribution in [0.15, 0.2) is 47.3 Å². The average Bonchev–Trinajstić information content (AvgIpc) is 2.69. The van der Waals surface area contributed by atoms with Gasteiger partial charge in [-0.25, -0.2) is 4.79 Å². The Morgan fingerprint density at radius 2 is 2.00 bits per heavy atom. The van der Waals surface area contributed by atoms with E-state index in [0.717, 1.165) is 22.0 Å². The predicted molar refractivity (Wildman–Crippen MR) is 114 cm³/mol. The van der Waals surface area contributed by atoms with Gasteiger partial charge in [-0.05, 0) is 49.1 Å². The van der Waals surface area contributed by atoms with Gasteiger partial charge >= 0.3 is 6.03 Å². The maximum absolute atomic E-state index is 12.7. The zero-order valence-electron chi connectivity index (χ0n) is 16.8. The van der Waals surface area contributed by atoms with Crippen molar-refractivity contribution >= 4 is 22.6 Å². The SMILES string of the molecule is COc1cccc(NC(=O)N(CCO)Cc2cc3cc(C)cc(C)c3[nH]c2=O)c1. The number of aliphatic hydroxyl groups excluding tert-OH is 1. The summed E-state index contributed by atoms with van der Waals surface area (Å²) in [6, 6.07) is 12.4. The maximum Gasteiger partial charge on any atom is 0.322 e. The summed E-state index contributed by atoms with van der Waals surface area (Å²) in [6.45, 7) is 3.91. The average molecular weight is 395 g/mol. The third kappa shape index (κ3) is 4.75. The van der Waals surface area contributed by atoms with Gasteiger partial charge in [0.1, 0.15) is 5.75 Å². The fraction of sp³-hybridized carbons (Fsp3) is 0.273. The number of anilines is 1. The Morgan fingerprint density at radius 3 is 2.72 bits per heavy atom. The molecule has 7 nitrogen and oxygen atoms in total. The Bertz CT molecular complexity index is 1090. The molecular weight excluding hydrogens is 370 g/mol. The van der Waals surface area contributed by atoms with E-state index in [9.17, 15) is 14.7 Å². The molecule has 0 atom stereocenters. The van der Waals surface area contributed by atoms with Gasteiger partial charge in [-0.3, -0.25) is 4.79 Å². The van der Waals surface area contributed by atoms with Crippen LogP contribution in [0.5, 0.6) is 5.75 Å². The molecule has 0 radical (unpaired) electrons. The van der Waals surface area contributed by atoms with Crippen molar-refractivity contribution in [2.24, 2.45) is 0 Å². The van der Waals surface area contributed by atoms with Crippen LogP contribution in [0, 0.1) is 13.8 Å². The van der Waals surface area contributed by atoms with Crippen molar-refractivity contribution in [2.75, 3.05) is 25.6 Å². The number of nitrogens with zero attached hydrogens (tertiary/aromatic N) is 1. The van der Waals surface area contributed by atoms with E-state index < -0.39 is 6.03 Å². The molecule has 1 heterocycles. The minimum Gasteiger partial charge on any atom is -0.497 e. The highest BCUT2D eigenvalue weighted by Gasteiger charge is 2.16. The quantitative estimate of drug-likeness (QED) is 0.597. The molecule has 0 saturated heterocycles. The second-order valence-corrected chi connectivity index (χ2v) is 6.98. The van der Waals surface area contributed by atoms with Crippen molar-refractivity contribution in [3.05, 3.63) is 69.5 Å². The van der Waals surface area contributed by atoms with Gasteiger partial charge in [-0.2, -0.15) is 0 Å². The summed E-state index contributed by atoms with van der Waals surface area (Å²) in [5.41, 5.74) is 3.65. The monoisotopic (exact) mass is 395 g/mol. The number of aromatic nitrogens is 1. The van der Waals surface area contributed by atoms with Gasteiger partial charge in [0.25, 0.3) is 5.56 Å². The number of carbonyl (C=O) groups is 1. The standard InChI is InChI=1S/C22H25N3O4/c1-14-9-15(2)20-16(10-14)11-17(21(27)24-20)13-25(7-8-26)22(28)23-18-5-4-6-19(12-18)29-3/h4-6,9-12,26H,7-8,13H2,1-3H3,(H,23,28)(H,24,27). The molecule has 0 aliphatic heterocycles. The number of hydrogen-bond acceptors (Lipinski definition) is 4. The number of H-pyrrole nitrogens is 1. The highest BCUT2D eigenvalue weighted by Crippen LogP contribution is 2.20. The smallest absolute Gasteiger partial charge is 0.322 e. The molecule has 0 unspecified atom stereocenters. The molecule has 152 valence electrons. The molecule has 1 aromatic heterocycles. The molecule has 0 fully saturated rings. The lowest BCUT2D eigenvalue weighted by Gasteiger charge is -2.22. The Morgan fingerprint density at radius 1 is 1.21 bits per heavy atom. The van der Waals surface area contributed by atoms with Crippen molar-refractivity contribution in [3.8, 4) is 5.75 Å². The number of methoxy groups -OCH3 is 1. The number of ether oxygens (including phenoxy) is 1. The first-order valence-electron chi connectivity index (χ1n) is 9.35. The summed E-state index contributed by atoms with van der Waals surface area (Å²) in [5.74, 6) is 0.619. The number of aromatic amines is 1. The van der Waals surface area contributed by atoms with Gasteiger partial charge in [0, 0.05) is 23.9 Å². The zero-order chi connectivity index (χ0) is 21.0. The lowest BCUT2D eigenvalue weighted by Crippen LogP contribution is -2.38. The number of carbonyl (C=O) groups excluding carboxylic acids is 1. The Hall–Kier alpha value is -3.32. The molecule has 0 spiro atoms. The normalized spacial score (nSPS) is 10.8. The summed E-state index contributed by atoms with van der Waals surface area (Å²) in [4.78, 5) is 29.6. The molecule has 7 heteroatoms. The van der Waals surface area contributed by atoms with E-state index in [2.05, 4.69) is 10.3 Å². The van der Waals surface area contributed by atoms with E-state index >= 15 is 0 Å². The largest absolute Gasteiger partial charge is 0.497 e. The summed E-state index contributed by atoms with van der Waals surface area (Å²) < 4.78 is 5.17. The third-order valence-corrected chi connectivity index (χ3v) is 4.71. The predicted octanol–water partition coefficient (Wildman–Crippen LogP) is 3.18. The van der Waals surface area contributed by atoms with Crippen LogP contribution in [0.4, 0.5) is 10.5 Å². The summed E-state index contributed by atoms with van der Waals surface area (Å²) >= 11 is 0. The fourth-order valence-electron chi connectivity index (χ4n) is 3.33. The van der Waals surface area contributed by atoms with Crippen LogP contribution in [0.3, 0.4) is 0 Å². The van der Waals surface area contributed by atoms with Crippen molar-refractivity contribution in [1.82, 2.24) is 9.88 Å². The number of hydrogen-bond donors (Lipinski definition) is 3. The first-order valence-corrected chi connectivity index (χ1v) is 9.35. The van der Waals surface area contributed by atoms with Crippen LogP contribution < -0.4 is 15.6 Å². The topological polar surface area (TPSA) is 94.7 Å². The van der Waals surface area contributed by atoms with E-state index in [4.69, 9.17) is 4.74 Å². The minimum absolute atomic E-state index is 0.0780. The van der Waals surface area contributed by atoms with E-state index in [1.54, 1.807) is 37.4 Å². The highest BCUT2D eigenvalue weighted by molar-refractivity contribution is 5.89. The molecular formula is C22H25N3O4. The van der Waals surface area contributed by atoms with Crippen LogP contribution in [0.25, 0.3) is 10.9 Å². The van der Waals surface area contributed by atoms with E-state index in [-0.39, 0.29) is 25.3 Å². The molecule has 0 saturated carbocycles. The van der Waals surface area contributed by atoms with Crippen molar-refractivity contribution in [1.29, 1.82) is 0 Å². The second-order valence-electron chi connectivity index (χ2n) is 6.98. The van der Waals surface area contributed by atoms with Crippen molar-refractivity contribution in [2.45, 2.75) is 20.4 Å². The molecule has 0 aliphatic carbocycles. The molecule has 2 amide bonds. The van der Waals surface area contributed by atoms with Crippen LogP contribution in [-0.4, -0.2) is 41.3 Å². The first-order chi connectivity index (χ1) is 13.9. The minimum atomic E-state index is -0.410. The Balaban J connectivity index is 1.87. The fourth-order valence-corrected chi connectivity index (χ4v) is 3.33. The van der Waals surface area contributed by atoms with Crippen LogP contribution in [-0.2, 0) is 6.54 Å². The van der Waals surface area contributed by atoms with Crippen molar-refractivity contribution in [3.63, 3.8) is 0 Å². The summed E-state index contributed by atoms with van der Waals surface area (Å²) in [6.07, 6.45) is 0. The van der Waals surface area contributed by atoms with Crippen LogP contribution in [0.2, 0.25) is 0 Å². The number of urea groups is 1. The number of rotatable bonds is 6. The molecule has 0 bridgehead atoms. The summed E-state index contributed by atoms with van der Waals surface area (Å²) in [5, 5.41) is 13.1. The lowest BCUT2D eigenvalue weighted by atomic mass is 10.1. The van der Waals surface area contributed by atoms with Gasteiger partial charge < -0.3 is 25.0 Å². The number of fused-ring (bicyclic) bond motifs is 1. The van der Waals surface area contributed by atoms with E-state index in [0.29, 0.717) is 17.0 Å². The van der Waals surface area contributed by atoms with Gasteiger partial charge in [-0.15, -0.1) is 0 Å². The molecule has 29 heavy (non-hydrogen) atoms. The van der Waals surface area contributed by atoms with Crippen LogP contribution >= 0.6 is 0 Å². The first kappa shape index (κ1) is 20.4. The Labute approximate surface area is 168 Å². The van der Waals surface area contributed by atoms with Gasteiger partial charge in [0.2, 0.25) is 0 Å². The molecule has 3 aromatic rings. The van der Waals surface area contributed by atoms with Crippen molar-refractivity contribution < 1.29 is 14.6 Å². The number of benzene rings is 2. The second kappa shape index (κ2) is 8.79. The van der Waals surface area contributed by atoms with Gasteiger partial charge in [-0.1, -0.05) is 17.7 Å².